The van der Waals surface area contributed by atoms with Crippen LogP contribution in [-0.2, 0) is 19.4 Å². The van der Waals surface area contributed by atoms with Crippen LogP contribution in [0.1, 0.15) is 34.1 Å². The van der Waals surface area contributed by atoms with Crippen LogP contribution in [0.15, 0.2) is 60.8 Å². The predicted molar refractivity (Wildman–Crippen MR) is 106 cm³/mol. The average Bonchev–Trinajstić information content (AvgIpc) is 2.73. The molecule has 0 fully saturated rings. The molecule has 0 saturated heterocycles. The minimum absolute atomic E-state index is 0.0567. The summed E-state index contributed by atoms with van der Waals surface area (Å²) in [6.07, 6.45) is 3.42. The van der Waals surface area contributed by atoms with E-state index >= 15 is 0 Å². The van der Waals surface area contributed by atoms with Crippen LogP contribution in [0.5, 0.6) is 0 Å². The molecule has 5 nitrogen and oxygen atoms in total. The highest BCUT2D eigenvalue weighted by Crippen LogP contribution is 2.21. The highest BCUT2D eigenvalue weighted by Gasteiger charge is 2.22. The van der Waals surface area contributed by atoms with Crippen LogP contribution in [-0.4, -0.2) is 27.3 Å². The van der Waals surface area contributed by atoms with Gasteiger partial charge in [-0.25, -0.2) is 9.97 Å². The van der Waals surface area contributed by atoms with E-state index in [0.29, 0.717) is 24.7 Å². The van der Waals surface area contributed by atoms with Gasteiger partial charge in [-0.05, 0) is 41.7 Å². The van der Waals surface area contributed by atoms with Crippen molar-refractivity contribution in [2.24, 2.45) is 0 Å². The van der Waals surface area contributed by atoms with E-state index < -0.39 is 0 Å². The summed E-state index contributed by atoms with van der Waals surface area (Å²) in [5.41, 5.74) is 5.10. The molecule has 0 unspecified atom stereocenters. The van der Waals surface area contributed by atoms with Gasteiger partial charge in [-0.2, -0.15) is 0 Å². The first-order chi connectivity index (χ1) is 13.2. The molecular formula is C22H22N4O. The molecule has 1 aliphatic rings. The number of nitrogens with zero attached hydrogens (tertiary/aromatic N) is 3. The zero-order valence-electron chi connectivity index (χ0n) is 15.4. The second-order valence-electron chi connectivity index (χ2n) is 6.65. The highest BCUT2D eigenvalue weighted by molar-refractivity contribution is 5.92. The van der Waals surface area contributed by atoms with Crippen LogP contribution in [0.2, 0.25) is 0 Å². The molecule has 1 amide bonds. The van der Waals surface area contributed by atoms with E-state index in [9.17, 15) is 4.79 Å². The number of para-hydroxylation sites is 1. The fourth-order valence-electron chi connectivity index (χ4n) is 3.44. The molecule has 5 heteroatoms. The molecule has 0 saturated carbocycles. The number of hydrogen-bond donors (Lipinski definition) is 1. The topological polar surface area (TPSA) is 58.1 Å². The minimum atomic E-state index is -0.0567. The first-order valence-corrected chi connectivity index (χ1v) is 9.28. The number of hydrogen-bond acceptors (Lipinski definition) is 4. The quantitative estimate of drug-likeness (QED) is 0.766. The number of carbonyl (C=O) groups excluding carboxylic acids is 1. The van der Waals surface area contributed by atoms with E-state index in [4.69, 9.17) is 0 Å². The molecule has 0 atom stereocenters. The maximum Gasteiger partial charge on any atom is 0.272 e. The second kappa shape index (κ2) is 7.58. The maximum atomic E-state index is 12.9. The molecule has 136 valence electrons. The Morgan fingerprint density at radius 3 is 2.70 bits per heavy atom. The lowest BCUT2D eigenvalue weighted by Gasteiger charge is -2.28. The first-order valence-electron chi connectivity index (χ1n) is 9.28. The zero-order valence-corrected chi connectivity index (χ0v) is 15.4. The molecule has 0 spiro atoms. The molecule has 0 aliphatic carbocycles. The summed E-state index contributed by atoms with van der Waals surface area (Å²) < 4.78 is 0. The van der Waals surface area contributed by atoms with Crippen LogP contribution in [0.4, 0.5) is 11.6 Å². The smallest absolute Gasteiger partial charge is 0.272 e. The van der Waals surface area contributed by atoms with E-state index in [-0.39, 0.29) is 5.91 Å². The van der Waals surface area contributed by atoms with Crippen LogP contribution < -0.4 is 5.32 Å². The summed E-state index contributed by atoms with van der Waals surface area (Å²) in [5.74, 6) is 0.387. The van der Waals surface area contributed by atoms with Crippen LogP contribution in [0.25, 0.3) is 0 Å². The molecule has 1 aromatic heterocycles. The lowest BCUT2D eigenvalue weighted by molar-refractivity contribution is 0.0728. The van der Waals surface area contributed by atoms with Crippen LogP contribution in [0, 0.1) is 0 Å². The minimum Gasteiger partial charge on any atom is -0.333 e. The van der Waals surface area contributed by atoms with Gasteiger partial charge in [0, 0.05) is 25.0 Å². The van der Waals surface area contributed by atoms with Crippen molar-refractivity contribution in [2.45, 2.75) is 26.3 Å². The molecule has 2 heterocycles. The zero-order chi connectivity index (χ0) is 18.6. The highest BCUT2D eigenvalue weighted by atomic mass is 16.2. The Morgan fingerprint density at radius 2 is 1.85 bits per heavy atom. The molecule has 1 aliphatic heterocycles. The predicted octanol–water partition coefficient (Wildman–Crippen LogP) is 3.98. The number of aromatic nitrogens is 2. The van der Waals surface area contributed by atoms with Gasteiger partial charge in [-0.1, -0.05) is 49.4 Å². The summed E-state index contributed by atoms with van der Waals surface area (Å²) in [6.45, 7) is 3.44. The number of fused-ring (bicyclic) bond motifs is 1. The van der Waals surface area contributed by atoms with Crippen molar-refractivity contribution in [1.29, 1.82) is 0 Å². The molecule has 0 bridgehead atoms. The molecule has 0 radical (unpaired) electrons. The number of anilines is 2. The number of amides is 1. The van der Waals surface area contributed by atoms with Crippen molar-refractivity contribution in [3.63, 3.8) is 0 Å². The Morgan fingerprint density at radius 1 is 1.07 bits per heavy atom. The van der Waals surface area contributed by atoms with Gasteiger partial charge in [0.15, 0.2) is 0 Å². The Labute approximate surface area is 159 Å². The summed E-state index contributed by atoms with van der Waals surface area (Å²) in [7, 11) is 0. The Hall–Kier alpha value is -3.21. The monoisotopic (exact) mass is 358 g/mol. The molecule has 3 aromatic rings. The SMILES string of the molecule is CCc1ccccc1Nc1nccc(C(=O)N2CCc3ccccc3C2)n1. The molecule has 4 rings (SSSR count). The molecule has 27 heavy (non-hydrogen) atoms. The number of rotatable bonds is 4. The third kappa shape index (κ3) is 3.67. The van der Waals surface area contributed by atoms with Gasteiger partial charge >= 0.3 is 0 Å². The summed E-state index contributed by atoms with van der Waals surface area (Å²) in [6, 6.07) is 18.0. The molecule has 1 N–H and O–H groups in total. The summed E-state index contributed by atoms with van der Waals surface area (Å²) in [4.78, 5) is 23.5. The van der Waals surface area contributed by atoms with Gasteiger partial charge in [0.1, 0.15) is 5.69 Å². The lowest BCUT2D eigenvalue weighted by atomic mass is 10.00. The van der Waals surface area contributed by atoms with Crippen molar-refractivity contribution in [3.05, 3.63) is 83.2 Å². The number of aryl methyl sites for hydroxylation is 1. The van der Waals surface area contributed by atoms with Gasteiger partial charge in [-0.3, -0.25) is 4.79 Å². The van der Waals surface area contributed by atoms with Crippen molar-refractivity contribution >= 4 is 17.5 Å². The van der Waals surface area contributed by atoms with Crippen molar-refractivity contribution in [1.82, 2.24) is 14.9 Å². The van der Waals surface area contributed by atoms with Crippen LogP contribution in [0.3, 0.4) is 0 Å². The van der Waals surface area contributed by atoms with Crippen molar-refractivity contribution in [3.8, 4) is 0 Å². The third-order valence-corrected chi connectivity index (χ3v) is 4.94. The van der Waals surface area contributed by atoms with E-state index in [1.807, 2.05) is 35.2 Å². The molecule has 2 aromatic carbocycles. The van der Waals surface area contributed by atoms with Gasteiger partial charge in [0.25, 0.3) is 5.91 Å². The van der Waals surface area contributed by atoms with E-state index in [0.717, 1.165) is 18.5 Å². The summed E-state index contributed by atoms with van der Waals surface area (Å²) >= 11 is 0. The van der Waals surface area contributed by atoms with E-state index in [2.05, 4.69) is 40.4 Å². The van der Waals surface area contributed by atoms with Gasteiger partial charge < -0.3 is 10.2 Å². The Bertz CT molecular complexity index is 970. The first kappa shape index (κ1) is 17.2. The van der Waals surface area contributed by atoms with Crippen LogP contribution >= 0.6 is 0 Å². The van der Waals surface area contributed by atoms with E-state index in [1.54, 1.807) is 12.3 Å². The van der Waals surface area contributed by atoms with Gasteiger partial charge in [0.2, 0.25) is 5.95 Å². The third-order valence-electron chi connectivity index (χ3n) is 4.94. The number of nitrogens with one attached hydrogen (secondary N) is 1. The van der Waals surface area contributed by atoms with Crippen molar-refractivity contribution in [2.75, 3.05) is 11.9 Å². The normalized spacial score (nSPS) is 13.1. The fraction of sp³-hybridized carbons (Fsp3) is 0.227. The summed E-state index contributed by atoms with van der Waals surface area (Å²) in [5, 5.41) is 3.24. The van der Waals surface area contributed by atoms with Gasteiger partial charge in [0.05, 0.1) is 0 Å². The number of carbonyl (C=O) groups is 1. The second-order valence-corrected chi connectivity index (χ2v) is 6.65. The Balaban J connectivity index is 1.53. The fourth-order valence-corrected chi connectivity index (χ4v) is 3.44. The standard InChI is InChI=1S/C22H22N4O/c1-2-16-7-5-6-10-19(16)24-22-23-13-11-20(25-22)21(27)26-14-12-17-8-3-4-9-18(17)15-26/h3-11,13H,2,12,14-15H2,1H3,(H,23,24,25). The largest absolute Gasteiger partial charge is 0.333 e. The number of benzene rings is 2. The average molecular weight is 358 g/mol. The lowest BCUT2D eigenvalue weighted by Crippen LogP contribution is -2.36. The van der Waals surface area contributed by atoms with Crippen molar-refractivity contribution < 1.29 is 4.79 Å². The molecular weight excluding hydrogens is 336 g/mol. The Kier molecular flexibility index (Phi) is 4.83. The van der Waals surface area contributed by atoms with E-state index in [1.165, 1.54) is 16.7 Å². The maximum absolute atomic E-state index is 12.9. The van der Waals surface area contributed by atoms with Gasteiger partial charge in [-0.15, -0.1) is 0 Å².